The summed E-state index contributed by atoms with van der Waals surface area (Å²) in [6.45, 7) is -0.407. The highest BCUT2D eigenvalue weighted by Gasteiger charge is 2.12. The van der Waals surface area contributed by atoms with Crippen LogP contribution in [0.4, 0.5) is 5.69 Å². The molecule has 1 amide bonds. The Morgan fingerprint density at radius 2 is 1.74 bits per heavy atom. The van der Waals surface area contributed by atoms with Crippen molar-refractivity contribution in [2.24, 2.45) is 0 Å². The van der Waals surface area contributed by atoms with Crippen LogP contribution in [0.3, 0.4) is 0 Å². The van der Waals surface area contributed by atoms with Gasteiger partial charge >= 0.3 is 5.97 Å². The average molecular weight is 373 g/mol. The average Bonchev–Trinajstić information content (AvgIpc) is 2.50. The fraction of sp³-hybridized carbons (Fsp3) is 0.125. The topological polar surface area (TPSA) is 55.4 Å². The molecule has 2 rings (SSSR count). The predicted octanol–water partition coefficient (Wildman–Crippen LogP) is 4.37. The van der Waals surface area contributed by atoms with Gasteiger partial charge in [0.2, 0.25) is 0 Å². The van der Waals surface area contributed by atoms with Gasteiger partial charge in [-0.2, -0.15) is 0 Å². The van der Waals surface area contributed by atoms with Gasteiger partial charge in [-0.1, -0.05) is 53.0 Å². The molecule has 23 heavy (non-hydrogen) atoms. The van der Waals surface area contributed by atoms with Crippen molar-refractivity contribution in [1.29, 1.82) is 0 Å². The molecule has 0 saturated carbocycles. The summed E-state index contributed by atoms with van der Waals surface area (Å²) in [5.74, 6) is -1.04. The number of ether oxygens (including phenoxy) is 1. The summed E-state index contributed by atoms with van der Waals surface area (Å²) in [4.78, 5) is 23.5. The molecule has 4 nitrogen and oxygen atoms in total. The molecule has 120 valence electrons. The van der Waals surface area contributed by atoms with Crippen LogP contribution >= 0.6 is 34.8 Å². The number of anilines is 1. The summed E-state index contributed by atoms with van der Waals surface area (Å²) < 4.78 is 4.92. The van der Waals surface area contributed by atoms with Crippen LogP contribution in [0, 0.1) is 0 Å². The molecule has 0 fully saturated rings. The summed E-state index contributed by atoms with van der Waals surface area (Å²) in [7, 11) is 0. The first-order chi connectivity index (χ1) is 11.0. The second-order valence-electron chi connectivity index (χ2n) is 4.60. The molecule has 2 aromatic rings. The van der Waals surface area contributed by atoms with Crippen molar-refractivity contribution in [3.05, 3.63) is 63.1 Å². The maximum absolute atomic E-state index is 11.8. The van der Waals surface area contributed by atoms with E-state index in [0.717, 1.165) is 0 Å². The van der Waals surface area contributed by atoms with Crippen molar-refractivity contribution in [2.45, 2.75) is 6.42 Å². The van der Waals surface area contributed by atoms with Crippen molar-refractivity contribution < 1.29 is 14.3 Å². The Hall–Kier alpha value is -1.75. The van der Waals surface area contributed by atoms with E-state index in [4.69, 9.17) is 39.5 Å². The number of para-hydroxylation sites is 1. The minimum atomic E-state index is -0.566. The van der Waals surface area contributed by atoms with Crippen LogP contribution in [-0.4, -0.2) is 18.5 Å². The van der Waals surface area contributed by atoms with Crippen LogP contribution in [0.15, 0.2) is 42.5 Å². The van der Waals surface area contributed by atoms with Crippen LogP contribution < -0.4 is 5.32 Å². The molecule has 0 saturated heterocycles. The second-order valence-corrected chi connectivity index (χ2v) is 5.85. The Balaban J connectivity index is 1.84. The van der Waals surface area contributed by atoms with Crippen molar-refractivity contribution >= 4 is 52.4 Å². The van der Waals surface area contributed by atoms with E-state index in [-0.39, 0.29) is 6.42 Å². The molecule has 1 N–H and O–H groups in total. The van der Waals surface area contributed by atoms with E-state index in [1.165, 1.54) is 6.07 Å². The SMILES string of the molecule is O=C(COC(=O)Cc1ccc(Cl)cc1Cl)Nc1ccccc1Cl. The quantitative estimate of drug-likeness (QED) is 0.793. The monoisotopic (exact) mass is 371 g/mol. The number of carbonyl (C=O) groups is 2. The van der Waals surface area contributed by atoms with Gasteiger partial charge in [0.25, 0.3) is 5.91 Å². The number of rotatable bonds is 5. The second kappa shape index (κ2) is 8.20. The van der Waals surface area contributed by atoms with Crippen LogP contribution in [-0.2, 0) is 20.7 Å². The van der Waals surface area contributed by atoms with Crippen LogP contribution in [0.5, 0.6) is 0 Å². The number of benzene rings is 2. The number of amides is 1. The van der Waals surface area contributed by atoms with E-state index in [9.17, 15) is 9.59 Å². The molecule has 0 aliphatic rings. The maximum Gasteiger partial charge on any atom is 0.310 e. The Kier molecular flexibility index (Phi) is 6.28. The van der Waals surface area contributed by atoms with Gasteiger partial charge in [-0.25, -0.2) is 0 Å². The number of hydrogen-bond acceptors (Lipinski definition) is 3. The molecule has 0 unspecified atom stereocenters. The van der Waals surface area contributed by atoms with E-state index < -0.39 is 18.5 Å². The lowest BCUT2D eigenvalue weighted by molar-refractivity contribution is -0.146. The normalized spacial score (nSPS) is 10.2. The molecule has 0 bridgehead atoms. The van der Waals surface area contributed by atoms with Crippen LogP contribution in [0.2, 0.25) is 15.1 Å². The third-order valence-corrected chi connectivity index (χ3v) is 3.78. The number of hydrogen-bond donors (Lipinski definition) is 1. The number of esters is 1. The Morgan fingerprint density at radius 3 is 2.43 bits per heavy atom. The van der Waals surface area contributed by atoms with E-state index in [1.54, 1.807) is 36.4 Å². The fourth-order valence-electron chi connectivity index (χ4n) is 1.77. The van der Waals surface area contributed by atoms with Gasteiger partial charge < -0.3 is 10.1 Å². The van der Waals surface area contributed by atoms with Gasteiger partial charge in [-0.15, -0.1) is 0 Å². The lowest BCUT2D eigenvalue weighted by atomic mass is 10.1. The van der Waals surface area contributed by atoms with Crippen molar-refractivity contribution in [3.8, 4) is 0 Å². The number of carbonyl (C=O) groups excluding carboxylic acids is 2. The lowest BCUT2D eigenvalue weighted by Crippen LogP contribution is -2.21. The first-order valence-corrected chi connectivity index (χ1v) is 7.73. The Bertz CT molecular complexity index is 734. The minimum absolute atomic E-state index is 0.0463. The van der Waals surface area contributed by atoms with Crippen molar-refractivity contribution in [3.63, 3.8) is 0 Å². The third-order valence-electron chi connectivity index (χ3n) is 2.86. The first kappa shape index (κ1) is 17.6. The van der Waals surface area contributed by atoms with Gasteiger partial charge in [0.1, 0.15) is 0 Å². The van der Waals surface area contributed by atoms with Crippen LogP contribution in [0.1, 0.15) is 5.56 Å². The molecular formula is C16H12Cl3NO3. The number of halogens is 3. The molecule has 0 aliphatic heterocycles. The summed E-state index contributed by atoms with van der Waals surface area (Å²) >= 11 is 17.7. The zero-order chi connectivity index (χ0) is 16.8. The van der Waals surface area contributed by atoms with E-state index in [0.29, 0.717) is 26.3 Å². The molecule has 0 spiro atoms. The highest BCUT2D eigenvalue weighted by molar-refractivity contribution is 6.35. The molecule has 0 radical (unpaired) electrons. The fourth-order valence-corrected chi connectivity index (χ4v) is 2.42. The number of nitrogens with one attached hydrogen (secondary N) is 1. The standard InChI is InChI=1S/C16H12Cl3NO3/c17-11-6-5-10(13(19)8-11)7-16(22)23-9-15(21)20-14-4-2-1-3-12(14)18/h1-6,8H,7,9H2,(H,20,21). The highest BCUT2D eigenvalue weighted by Crippen LogP contribution is 2.22. The van der Waals surface area contributed by atoms with E-state index in [1.807, 2.05) is 0 Å². The Labute approximate surface area is 148 Å². The minimum Gasteiger partial charge on any atom is -0.455 e. The largest absolute Gasteiger partial charge is 0.455 e. The molecule has 0 heterocycles. The van der Waals surface area contributed by atoms with Gasteiger partial charge in [-0.3, -0.25) is 9.59 Å². The molecule has 7 heteroatoms. The molecular weight excluding hydrogens is 361 g/mol. The smallest absolute Gasteiger partial charge is 0.310 e. The summed E-state index contributed by atoms with van der Waals surface area (Å²) in [5, 5.41) is 3.81. The zero-order valence-corrected chi connectivity index (χ0v) is 14.1. The van der Waals surface area contributed by atoms with Crippen molar-refractivity contribution in [1.82, 2.24) is 0 Å². The van der Waals surface area contributed by atoms with Crippen molar-refractivity contribution in [2.75, 3.05) is 11.9 Å². The predicted molar refractivity (Wildman–Crippen MR) is 91.2 cm³/mol. The maximum atomic E-state index is 11.8. The Morgan fingerprint density at radius 1 is 1.00 bits per heavy atom. The van der Waals surface area contributed by atoms with Gasteiger partial charge in [-0.05, 0) is 29.8 Å². The molecule has 0 aromatic heterocycles. The van der Waals surface area contributed by atoms with Gasteiger partial charge in [0.05, 0.1) is 17.1 Å². The summed E-state index contributed by atoms with van der Waals surface area (Å²) in [5.41, 5.74) is 1.03. The highest BCUT2D eigenvalue weighted by atomic mass is 35.5. The van der Waals surface area contributed by atoms with E-state index in [2.05, 4.69) is 5.32 Å². The lowest BCUT2D eigenvalue weighted by Gasteiger charge is -2.08. The van der Waals surface area contributed by atoms with Crippen LogP contribution in [0.25, 0.3) is 0 Å². The summed E-state index contributed by atoms with van der Waals surface area (Å²) in [6, 6.07) is 11.6. The molecule has 2 aromatic carbocycles. The van der Waals surface area contributed by atoms with E-state index >= 15 is 0 Å². The summed E-state index contributed by atoms with van der Waals surface area (Å²) in [6.07, 6.45) is -0.0463. The first-order valence-electron chi connectivity index (χ1n) is 6.59. The zero-order valence-electron chi connectivity index (χ0n) is 11.8. The third kappa shape index (κ3) is 5.43. The molecule has 0 aliphatic carbocycles. The molecule has 0 atom stereocenters. The van der Waals surface area contributed by atoms with Gasteiger partial charge in [0.15, 0.2) is 6.61 Å². The van der Waals surface area contributed by atoms with Gasteiger partial charge in [0, 0.05) is 10.0 Å².